The van der Waals surface area contributed by atoms with Crippen molar-refractivity contribution in [1.29, 1.82) is 0 Å². The zero-order chi connectivity index (χ0) is 19.2. The Morgan fingerprint density at radius 3 is 2.61 bits per heavy atom. The summed E-state index contributed by atoms with van der Waals surface area (Å²) < 4.78 is 0. The summed E-state index contributed by atoms with van der Waals surface area (Å²) in [5.74, 6) is 0.216. The molecule has 7 nitrogen and oxygen atoms in total. The molecule has 0 saturated heterocycles. The number of tetrazole rings is 1. The normalized spacial score (nSPS) is 10.9. The van der Waals surface area contributed by atoms with Gasteiger partial charge >= 0.3 is 0 Å². The molecule has 2 aromatic carbocycles. The predicted octanol–water partition coefficient (Wildman–Crippen LogP) is 3.68. The molecular formula is C21H16N6O. The number of pyridine rings is 1. The van der Waals surface area contributed by atoms with Crippen molar-refractivity contribution in [3.8, 4) is 11.3 Å². The first-order chi connectivity index (χ1) is 13.8. The van der Waals surface area contributed by atoms with Crippen LogP contribution < -0.4 is 5.32 Å². The minimum atomic E-state index is -0.267. The highest BCUT2D eigenvalue weighted by atomic mass is 16.1. The van der Waals surface area contributed by atoms with Crippen LogP contribution >= 0.6 is 0 Å². The molecule has 4 aromatic rings. The van der Waals surface area contributed by atoms with Crippen LogP contribution in [0, 0.1) is 0 Å². The lowest BCUT2D eigenvalue weighted by Gasteiger charge is -2.07. The molecule has 4 rings (SSSR count). The second-order valence-electron chi connectivity index (χ2n) is 5.96. The van der Waals surface area contributed by atoms with Crippen molar-refractivity contribution >= 4 is 23.7 Å². The quantitative estimate of drug-likeness (QED) is 0.560. The lowest BCUT2D eigenvalue weighted by Crippen LogP contribution is -2.13. The fraction of sp³-hybridized carbons (Fsp3) is 0. The minimum Gasteiger partial charge on any atom is -0.321 e. The van der Waals surface area contributed by atoms with Crippen LogP contribution in [0.3, 0.4) is 0 Å². The predicted molar refractivity (Wildman–Crippen MR) is 107 cm³/mol. The van der Waals surface area contributed by atoms with Gasteiger partial charge in [0.25, 0.3) is 5.91 Å². The number of carbonyl (C=O) groups is 1. The number of hydrogen-bond donors (Lipinski definition) is 2. The van der Waals surface area contributed by atoms with E-state index in [0.717, 1.165) is 16.8 Å². The van der Waals surface area contributed by atoms with Crippen LogP contribution in [0.15, 0.2) is 72.8 Å². The van der Waals surface area contributed by atoms with Crippen molar-refractivity contribution in [3.63, 3.8) is 0 Å². The molecule has 0 aliphatic carbocycles. The molecular weight excluding hydrogens is 352 g/mol. The van der Waals surface area contributed by atoms with Gasteiger partial charge in [-0.05, 0) is 41.1 Å². The molecule has 7 heteroatoms. The van der Waals surface area contributed by atoms with Gasteiger partial charge in [-0.15, -0.1) is 10.2 Å². The van der Waals surface area contributed by atoms with Crippen LogP contribution in [0.1, 0.15) is 21.9 Å². The van der Waals surface area contributed by atoms with E-state index in [2.05, 4.69) is 30.9 Å². The van der Waals surface area contributed by atoms with Crippen LogP contribution in [0.25, 0.3) is 23.4 Å². The van der Waals surface area contributed by atoms with Gasteiger partial charge in [-0.3, -0.25) is 4.79 Å². The fourth-order valence-electron chi connectivity index (χ4n) is 2.66. The molecule has 0 aliphatic rings. The molecule has 0 unspecified atom stereocenters. The van der Waals surface area contributed by atoms with Crippen LogP contribution in [0.4, 0.5) is 5.69 Å². The highest BCUT2D eigenvalue weighted by Gasteiger charge is 2.09. The van der Waals surface area contributed by atoms with Gasteiger partial charge in [0.1, 0.15) is 5.69 Å². The highest BCUT2D eigenvalue weighted by molar-refractivity contribution is 6.03. The van der Waals surface area contributed by atoms with Crippen molar-refractivity contribution in [2.45, 2.75) is 0 Å². The van der Waals surface area contributed by atoms with Gasteiger partial charge in [-0.2, -0.15) is 5.21 Å². The molecule has 1 amide bonds. The lowest BCUT2D eigenvalue weighted by atomic mass is 10.1. The number of amides is 1. The van der Waals surface area contributed by atoms with Gasteiger partial charge in [0.05, 0.1) is 5.69 Å². The Kier molecular flexibility index (Phi) is 4.97. The van der Waals surface area contributed by atoms with E-state index in [9.17, 15) is 4.79 Å². The van der Waals surface area contributed by atoms with E-state index in [1.165, 1.54) is 0 Å². The standard InChI is InChI=1S/C21H16N6O/c28-21(19-11-5-10-18(23-19)16-7-2-1-3-8-16)22-17-9-4-6-15(14-17)12-13-20-24-26-27-25-20/h1-14H,(H,22,28)(H,24,25,26,27)/b13-12+. The van der Waals surface area contributed by atoms with E-state index < -0.39 is 0 Å². The number of H-pyrrole nitrogens is 1. The highest BCUT2D eigenvalue weighted by Crippen LogP contribution is 2.18. The third kappa shape index (κ3) is 4.16. The maximum atomic E-state index is 12.6. The van der Waals surface area contributed by atoms with Gasteiger partial charge in [-0.25, -0.2) is 4.98 Å². The fourth-order valence-corrected chi connectivity index (χ4v) is 2.66. The van der Waals surface area contributed by atoms with Crippen molar-refractivity contribution in [2.24, 2.45) is 0 Å². The average molecular weight is 368 g/mol. The number of hydrogen-bond acceptors (Lipinski definition) is 5. The van der Waals surface area contributed by atoms with E-state index >= 15 is 0 Å². The number of nitrogens with zero attached hydrogens (tertiary/aromatic N) is 4. The first-order valence-electron chi connectivity index (χ1n) is 8.63. The number of rotatable bonds is 5. The first-order valence-corrected chi connectivity index (χ1v) is 8.63. The monoisotopic (exact) mass is 368 g/mol. The largest absolute Gasteiger partial charge is 0.321 e. The second kappa shape index (κ2) is 8.05. The van der Waals surface area contributed by atoms with Crippen LogP contribution in [-0.4, -0.2) is 31.5 Å². The molecule has 0 saturated carbocycles. The maximum Gasteiger partial charge on any atom is 0.274 e. The van der Waals surface area contributed by atoms with Crippen molar-refractivity contribution in [2.75, 3.05) is 5.32 Å². The smallest absolute Gasteiger partial charge is 0.274 e. The Morgan fingerprint density at radius 2 is 1.79 bits per heavy atom. The molecule has 0 atom stereocenters. The van der Waals surface area contributed by atoms with Crippen molar-refractivity contribution in [3.05, 3.63) is 89.9 Å². The maximum absolute atomic E-state index is 12.6. The number of nitrogens with one attached hydrogen (secondary N) is 2. The number of aromatic nitrogens is 5. The molecule has 0 radical (unpaired) electrons. The van der Waals surface area contributed by atoms with E-state index in [1.807, 2.05) is 72.8 Å². The van der Waals surface area contributed by atoms with Crippen molar-refractivity contribution in [1.82, 2.24) is 25.6 Å². The molecule has 0 spiro atoms. The van der Waals surface area contributed by atoms with E-state index in [-0.39, 0.29) is 5.91 Å². The Bertz CT molecular complexity index is 1110. The summed E-state index contributed by atoms with van der Waals surface area (Å²) in [6.07, 6.45) is 3.57. The Labute approximate surface area is 161 Å². The zero-order valence-electron chi connectivity index (χ0n) is 14.8. The Morgan fingerprint density at radius 1 is 0.929 bits per heavy atom. The summed E-state index contributed by atoms with van der Waals surface area (Å²) in [4.78, 5) is 17.1. The van der Waals surface area contributed by atoms with E-state index in [4.69, 9.17) is 0 Å². The Balaban J connectivity index is 1.50. The third-order valence-corrected chi connectivity index (χ3v) is 3.98. The van der Waals surface area contributed by atoms with E-state index in [0.29, 0.717) is 17.2 Å². The molecule has 0 aliphatic heterocycles. The summed E-state index contributed by atoms with van der Waals surface area (Å²) in [6, 6.07) is 22.6. The number of anilines is 1. The molecule has 28 heavy (non-hydrogen) atoms. The number of aromatic amines is 1. The van der Waals surface area contributed by atoms with E-state index in [1.54, 1.807) is 12.1 Å². The lowest BCUT2D eigenvalue weighted by molar-refractivity contribution is 0.102. The molecule has 0 fully saturated rings. The average Bonchev–Trinajstić information content (AvgIpc) is 3.27. The second-order valence-corrected chi connectivity index (χ2v) is 5.96. The third-order valence-electron chi connectivity index (χ3n) is 3.98. The summed E-state index contributed by atoms with van der Waals surface area (Å²) in [7, 11) is 0. The summed E-state index contributed by atoms with van der Waals surface area (Å²) in [5, 5.41) is 16.5. The van der Waals surface area contributed by atoms with Gasteiger partial charge in [-0.1, -0.05) is 54.6 Å². The minimum absolute atomic E-state index is 0.267. The van der Waals surface area contributed by atoms with Gasteiger partial charge in [0.15, 0.2) is 5.82 Å². The Hall–Kier alpha value is -4.13. The SMILES string of the molecule is O=C(Nc1cccc(/C=C/c2nn[nH]n2)c1)c1cccc(-c2ccccc2)n1. The number of carbonyl (C=O) groups excluding carboxylic acids is 1. The van der Waals surface area contributed by atoms with Crippen molar-refractivity contribution < 1.29 is 4.79 Å². The van der Waals surface area contributed by atoms with Gasteiger partial charge in [0, 0.05) is 11.3 Å². The summed E-state index contributed by atoms with van der Waals surface area (Å²) in [6.45, 7) is 0. The van der Waals surface area contributed by atoms with Crippen LogP contribution in [-0.2, 0) is 0 Å². The molecule has 0 bridgehead atoms. The van der Waals surface area contributed by atoms with Gasteiger partial charge in [0.2, 0.25) is 0 Å². The molecule has 136 valence electrons. The molecule has 2 N–H and O–H groups in total. The number of benzene rings is 2. The zero-order valence-corrected chi connectivity index (χ0v) is 14.8. The van der Waals surface area contributed by atoms with Crippen LogP contribution in [0.2, 0.25) is 0 Å². The van der Waals surface area contributed by atoms with Gasteiger partial charge < -0.3 is 5.32 Å². The molecule has 2 aromatic heterocycles. The topological polar surface area (TPSA) is 96.5 Å². The first kappa shape index (κ1) is 17.3. The summed E-state index contributed by atoms with van der Waals surface area (Å²) >= 11 is 0. The van der Waals surface area contributed by atoms with Crippen LogP contribution in [0.5, 0.6) is 0 Å². The summed E-state index contributed by atoms with van der Waals surface area (Å²) in [5.41, 5.74) is 3.64. The molecule has 2 heterocycles.